The van der Waals surface area contributed by atoms with Crippen LogP contribution in [0.2, 0.25) is 0 Å². The lowest BCUT2D eigenvalue weighted by Crippen LogP contribution is -2.38. The van der Waals surface area contributed by atoms with Crippen molar-refractivity contribution in [2.45, 2.75) is 18.8 Å². The van der Waals surface area contributed by atoms with E-state index in [1.807, 2.05) is 40.5 Å². The van der Waals surface area contributed by atoms with Crippen molar-refractivity contribution in [1.82, 2.24) is 4.90 Å². The number of halogens is 1. The predicted molar refractivity (Wildman–Crippen MR) is 91.4 cm³/mol. The van der Waals surface area contributed by atoms with Crippen LogP contribution in [0.4, 0.5) is 0 Å². The molecule has 2 aromatic rings. The maximum absolute atomic E-state index is 12.5. The van der Waals surface area contributed by atoms with E-state index in [4.69, 9.17) is 0 Å². The second-order valence-electron chi connectivity index (χ2n) is 5.06. The summed E-state index contributed by atoms with van der Waals surface area (Å²) in [7, 11) is 0. The van der Waals surface area contributed by atoms with Gasteiger partial charge in [0.25, 0.3) is 5.91 Å². The molecule has 1 aliphatic rings. The third-order valence-electron chi connectivity index (χ3n) is 3.83. The first-order valence-corrected chi connectivity index (χ1v) is 8.79. The number of hydrogen-bond donors (Lipinski definition) is 0. The number of piperidine rings is 1. The molecule has 0 aliphatic carbocycles. The van der Waals surface area contributed by atoms with Crippen molar-refractivity contribution in [3.8, 4) is 0 Å². The van der Waals surface area contributed by atoms with Gasteiger partial charge in [-0.05, 0) is 64.9 Å². The fourth-order valence-electron chi connectivity index (χ4n) is 2.70. The Hall–Kier alpha value is -0.880. The van der Waals surface area contributed by atoms with Gasteiger partial charge in [0.2, 0.25) is 0 Å². The number of benzene rings is 1. The fourth-order valence-corrected chi connectivity index (χ4v) is 4.21. The average Bonchev–Trinajstić information content (AvgIpc) is 3.01. The van der Waals surface area contributed by atoms with Gasteiger partial charge >= 0.3 is 0 Å². The Morgan fingerprint density at radius 1 is 1.15 bits per heavy atom. The molecule has 1 saturated heterocycles. The predicted octanol–water partition coefficient (Wildman–Crippen LogP) is 4.37. The van der Waals surface area contributed by atoms with Gasteiger partial charge in [-0.15, -0.1) is 11.3 Å². The molecule has 0 saturated carbocycles. The minimum atomic E-state index is 0.180. The van der Waals surface area contributed by atoms with Crippen LogP contribution in [0.5, 0.6) is 0 Å². The molecular weight excluding hydrogens is 381 g/mol. The van der Waals surface area contributed by atoms with Gasteiger partial charge in [0.05, 0.1) is 5.56 Å². The number of likely N-dealkylation sites (tertiary alicyclic amines) is 1. The Balaban J connectivity index is 1.66. The number of hydrogen-bond acceptors (Lipinski definition) is 2. The third-order valence-corrected chi connectivity index (χ3v) is 5.81. The van der Waals surface area contributed by atoms with E-state index >= 15 is 0 Å². The number of nitrogens with zero attached hydrogens (tertiary/aromatic N) is 1. The fraction of sp³-hybridized carbons (Fsp3) is 0.312. The Morgan fingerprint density at radius 3 is 2.55 bits per heavy atom. The number of amides is 1. The molecule has 1 fully saturated rings. The summed E-state index contributed by atoms with van der Waals surface area (Å²) in [5.74, 6) is 0.813. The summed E-state index contributed by atoms with van der Waals surface area (Å²) in [6.07, 6.45) is 2.16. The Morgan fingerprint density at radius 2 is 1.90 bits per heavy atom. The van der Waals surface area contributed by atoms with E-state index in [1.54, 1.807) is 0 Å². The molecule has 0 spiro atoms. The molecule has 0 unspecified atom stereocenters. The maximum atomic E-state index is 12.5. The molecule has 0 radical (unpaired) electrons. The lowest BCUT2D eigenvalue weighted by molar-refractivity contribution is 0.0712. The lowest BCUT2D eigenvalue weighted by atomic mass is 9.95. The van der Waals surface area contributed by atoms with Gasteiger partial charge in [0, 0.05) is 21.5 Å². The van der Waals surface area contributed by atoms with Gasteiger partial charge in [0.15, 0.2) is 0 Å². The summed E-state index contributed by atoms with van der Waals surface area (Å²) < 4.78 is 1.04. The number of rotatable bonds is 2. The van der Waals surface area contributed by atoms with Gasteiger partial charge in [0.1, 0.15) is 0 Å². The topological polar surface area (TPSA) is 20.3 Å². The van der Waals surface area contributed by atoms with E-state index in [0.29, 0.717) is 5.92 Å². The molecule has 1 aromatic carbocycles. The summed E-state index contributed by atoms with van der Waals surface area (Å²) in [5, 5.41) is 2.14. The second-order valence-corrected chi connectivity index (χ2v) is 7.20. The molecule has 3 rings (SSSR count). The van der Waals surface area contributed by atoms with Crippen molar-refractivity contribution < 1.29 is 4.79 Å². The Bertz CT molecular complexity index is 588. The summed E-state index contributed by atoms with van der Waals surface area (Å²) in [6.45, 7) is 1.73. The summed E-state index contributed by atoms with van der Waals surface area (Å²) >= 11 is 4.07. The zero-order chi connectivity index (χ0) is 13.9. The van der Waals surface area contributed by atoms with Gasteiger partial charge in [-0.2, -0.15) is 0 Å². The van der Waals surface area contributed by atoms with Crippen molar-refractivity contribution in [1.29, 1.82) is 0 Å². The van der Waals surface area contributed by atoms with Crippen LogP contribution < -0.4 is 0 Å². The highest BCUT2D eigenvalue weighted by atomic mass is 127. The zero-order valence-corrected chi connectivity index (χ0v) is 14.1. The number of carbonyl (C=O) groups excluding carboxylic acids is 1. The van der Waals surface area contributed by atoms with Gasteiger partial charge in [-0.3, -0.25) is 4.79 Å². The van der Waals surface area contributed by atoms with Crippen molar-refractivity contribution in [2.75, 3.05) is 13.1 Å². The van der Waals surface area contributed by atoms with E-state index in [0.717, 1.165) is 35.1 Å². The minimum Gasteiger partial charge on any atom is -0.339 e. The quantitative estimate of drug-likeness (QED) is 0.690. The normalized spacial score (nSPS) is 16.4. The van der Waals surface area contributed by atoms with Crippen molar-refractivity contribution in [3.63, 3.8) is 0 Å². The first-order chi connectivity index (χ1) is 9.75. The largest absolute Gasteiger partial charge is 0.339 e. The van der Waals surface area contributed by atoms with Crippen LogP contribution >= 0.6 is 33.9 Å². The average molecular weight is 397 g/mol. The van der Waals surface area contributed by atoms with Crippen LogP contribution in [0.15, 0.2) is 41.8 Å². The van der Waals surface area contributed by atoms with E-state index in [2.05, 4.69) is 40.1 Å². The highest BCUT2D eigenvalue weighted by molar-refractivity contribution is 14.1. The molecule has 4 heteroatoms. The van der Waals surface area contributed by atoms with Gasteiger partial charge in [-0.25, -0.2) is 0 Å². The standard InChI is InChI=1S/C16H16INOS/c17-14-5-2-1-4-13(14)16(19)18-9-7-12(8-10-18)15-6-3-11-20-15/h1-6,11-12H,7-10H2. The summed E-state index contributed by atoms with van der Waals surface area (Å²) in [6, 6.07) is 12.2. The molecule has 0 bridgehead atoms. The lowest BCUT2D eigenvalue weighted by Gasteiger charge is -2.31. The monoisotopic (exact) mass is 397 g/mol. The Kier molecular flexibility index (Phi) is 4.41. The first-order valence-electron chi connectivity index (χ1n) is 6.83. The van der Waals surface area contributed by atoms with E-state index in [-0.39, 0.29) is 5.91 Å². The minimum absolute atomic E-state index is 0.180. The maximum Gasteiger partial charge on any atom is 0.254 e. The highest BCUT2D eigenvalue weighted by Crippen LogP contribution is 2.31. The van der Waals surface area contributed by atoms with E-state index in [9.17, 15) is 4.79 Å². The van der Waals surface area contributed by atoms with Crippen LogP contribution in [0.25, 0.3) is 0 Å². The van der Waals surface area contributed by atoms with Crippen molar-refractivity contribution in [3.05, 3.63) is 55.8 Å². The molecule has 1 aliphatic heterocycles. The number of thiophene rings is 1. The molecule has 1 aromatic heterocycles. The molecular formula is C16H16INOS. The van der Waals surface area contributed by atoms with E-state index < -0.39 is 0 Å². The molecule has 2 heterocycles. The van der Waals surface area contributed by atoms with Crippen LogP contribution in [0, 0.1) is 3.57 Å². The van der Waals surface area contributed by atoms with Gasteiger partial charge in [-0.1, -0.05) is 18.2 Å². The molecule has 1 amide bonds. The second kappa shape index (κ2) is 6.26. The van der Waals surface area contributed by atoms with E-state index in [1.165, 1.54) is 4.88 Å². The highest BCUT2D eigenvalue weighted by Gasteiger charge is 2.25. The van der Waals surface area contributed by atoms with Crippen LogP contribution in [0.3, 0.4) is 0 Å². The van der Waals surface area contributed by atoms with Crippen molar-refractivity contribution >= 4 is 39.8 Å². The molecule has 2 nitrogen and oxygen atoms in total. The third kappa shape index (κ3) is 2.91. The zero-order valence-electron chi connectivity index (χ0n) is 11.1. The van der Waals surface area contributed by atoms with Crippen LogP contribution in [-0.2, 0) is 0 Å². The summed E-state index contributed by atoms with van der Waals surface area (Å²) in [4.78, 5) is 16.0. The summed E-state index contributed by atoms with van der Waals surface area (Å²) in [5.41, 5.74) is 0.836. The smallest absolute Gasteiger partial charge is 0.254 e. The molecule has 0 N–H and O–H groups in total. The molecule has 0 atom stereocenters. The SMILES string of the molecule is O=C(c1ccccc1I)N1CCC(c2cccs2)CC1. The Labute approximate surface area is 136 Å². The number of carbonyl (C=O) groups is 1. The molecule has 104 valence electrons. The van der Waals surface area contributed by atoms with Crippen LogP contribution in [0.1, 0.15) is 34.0 Å². The first kappa shape index (κ1) is 14.1. The van der Waals surface area contributed by atoms with Crippen LogP contribution in [-0.4, -0.2) is 23.9 Å². The molecule has 20 heavy (non-hydrogen) atoms. The van der Waals surface area contributed by atoms with Crippen molar-refractivity contribution in [2.24, 2.45) is 0 Å². The van der Waals surface area contributed by atoms with Gasteiger partial charge < -0.3 is 4.90 Å².